The standard InChI is InChI=1S/C15H12N6S2/c1-10-2-7-14(23-10)13-8-22-15(18-13)17-11-3-5-12(6-4-11)21-9-16-19-20-21/h2-9H,1H3,(H,17,18). The predicted molar refractivity (Wildman–Crippen MR) is 92.6 cm³/mol. The SMILES string of the molecule is Cc1ccc(-c2csc(Nc3ccc(-n4cnnn4)cc3)n2)s1. The van der Waals surface area contributed by atoms with Crippen LogP contribution in [0.1, 0.15) is 4.88 Å². The molecule has 0 spiro atoms. The molecule has 1 aromatic carbocycles. The van der Waals surface area contributed by atoms with Crippen molar-refractivity contribution in [2.75, 3.05) is 5.32 Å². The molecule has 23 heavy (non-hydrogen) atoms. The van der Waals surface area contributed by atoms with Gasteiger partial charge < -0.3 is 5.32 Å². The fraction of sp³-hybridized carbons (Fsp3) is 0.0667. The number of aromatic nitrogens is 5. The lowest BCUT2D eigenvalue weighted by Gasteiger charge is -2.04. The number of nitrogens with one attached hydrogen (secondary N) is 1. The highest BCUT2D eigenvalue weighted by Crippen LogP contribution is 2.31. The minimum atomic E-state index is 0.876. The molecule has 0 saturated carbocycles. The quantitative estimate of drug-likeness (QED) is 0.610. The molecular formula is C15H12N6S2. The van der Waals surface area contributed by atoms with Gasteiger partial charge in [0.1, 0.15) is 6.33 Å². The van der Waals surface area contributed by atoms with Gasteiger partial charge in [-0.25, -0.2) is 9.67 Å². The second-order valence-electron chi connectivity index (χ2n) is 4.87. The van der Waals surface area contributed by atoms with Gasteiger partial charge in [0, 0.05) is 15.9 Å². The maximum absolute atomic E-state index is 4.64. The Hall–Kier alpha value is -2.58. The number of aryl methyl sites for hydroxylation is 1. The average molecular weight is 340 g/mol. The number of rotatable bonds is 4. The summed E-state index contributed by atoms with van der Waals surface area (Å²) in [7, 11) is 0. The third-order valence-electron chi connectivity index (χ3n) is 3.23. The summed E-state index contributed by atoms with van der Waals surface area (Å²) in [6, 6.07) is 12.1. The van der Waals surface area contributed by atoms with Gasteiger partial charge in [-0.1, -0.05) is 0 Å². The van der Waals surface area contributed by atoms with Crippen LogP contribution in [0.2, 0.25) is 0 Å². The zero-order chi connectivity index (χ0) is 15.6. The molecule has 1 N–H and O–H groups in total. The number of benzene rings is 1. The van der Waals surface area contributed by atoms with E-state index in [1.807, 2.05) is 24.3 Å². The highest BCUT2D eigenvalue weighted by atomic mass is 32.1. The summed E-state index contributed by atoms with van der Waals surface area (Å²) in [5.41, 5.74) is 2.90. The Morgan fingerprint density at radius 3 is 2.65 bits per heavy atom. The largest absolute Gasteiger partial charge is 0.332 e. The van der Waals surface area contributed by atoms with Crippen molar-refractivity contribution >= 4 is 33.5 Å². The Balaban J connectivity index is 1.51. The molecule has 0 radical (unpaired) electrons. The number of anilines is 2. The van der Waals surface area contributed by atoms with Gasteiger partial charge in [0.2, 0.25) is 0 Å². The van der Waals surface area contributed by atoms with Crippen LogP contribution in [0.4, 0.5) is 10.8 Å². The van der Waals surface area contributed by atoms with Crippen molar-refractivity contribution in [3.05, 3.63) is 53.0 Å². The zero-order valence-electron chi connectivity index (χ0n) is 12.2. The van der Waals surface area contributed by atoms with Crippen LogP contribution < -0.4 is 5.32 Å². The van der Waals surface area contributed by atoms with Crippen LogP contribution in [-0.2, 0) is 0 Å². The normalized spacial score (nSPS) is 10.8. The lowest BCUT2D eigenvalue weighted by molar-refractivity contribution is 0.789. The first-order valence-corrected chi connectivity index (χ1v) is 8.60. The maximum atomic E-state index is 4.64. The second-order valence-corrected chi connectivity index (χ2v) is 7.02. The van der Waals surface area contributed by atoms with Crippen molar-refractivity contribution < 1.29 is 0 Å². The predicted octanol–water partition coefficient (Wildman–Crippen LogP) is 3.90. The second kappa shape index (κ2) is 5.90. The van der Waals surface area contributed by atoms with Gasteiger partial charge in [0.25, 0.3) is 0 Å². The summed E-state index contributed by atoms with van der Waals surface area (Å²) in [6.07, 6.45) is 1.57. The van der Waals surface area contributed by atoms with E-state index < -0.39 is 0 Å². The maximum Gasteiger partial charge on any atom is 0.187 e. The molecule has 0 fully saturated rings. The van der Waals surface area contributed by atoms with Gasteiger partial charge in [0.05, 0.1) is 16.3 Å². The minimum Gasteiger partial charge on any atom is -0.332 e. The minimum absolute atomic E-state index is 0.876. The third kappa shape index (κ3) is 2.99. The number of tetrazole rings is 1. The number of hydrogen-bond donors (Lipinski definition) is 1. The highest BCUT2D eigenvalue weighted by molar-refractivity contribution is 7.17. The van der Waals surface area contributed by atoms with Gasteiger partial charge in [-0.3, -0.25) is 0 Å². The Bertz CT molecular complexity index is 908. The topological polar surface area (TPSA) is 68.5 Å². The molecule has 3 aromatic heterocycles. The number of thiazole rings is 1. The molecule has 0 bridgehead atoms. The lowest BCUT2D eigenvalue weighted by atomic mass is 10.3. The van der Waals surface area contributed by atoms with Gasteiger partial charge >= 0.3 is 0 Å². The average Bonchev–Trinajstić information content (AvgIpc) is 3.29. The molecule has 0 aliphatic rings. The van der Waals surface area contributed by atoms with Gasteiger partial charge in [0.15, 0.2) is 5.13 Å². The van der Waals surface area contributed by atoms with E-state index in [0.29, 0.717) is 0 Å². The fourth-order valence-corrected chi connectivity index (χ4v) is 3.75. The van der Waals surface area contributed by atoms with E-state index in [1.165, 1.54) is 9.75 Å². The summed E-state index contributed by atoms with van der Waals surface area (Å²) in [4.78, 5) is 7.13. The molecule has 0 unspecified atom stereocenters. The Labute approximate surface area is 140 Å². The Kier molecular flexibility index (Phi) is 3.60. The molecule has 0 atom stereocenters. The smallest absolute Gasteiger partial charge is 0.187 e. The summed E-state index contributed by atoms with van der Waals surface area (Å²) in [6.45, 7) is 2.10. The molecule has 0 aliphatic heterocycles. The first kappa shape index (κ1) is 14.0. The monoisotopic (exact) mass is 340 g/mol. The number of thiophene rings is 1. The van der Waals surface area contributed by atoms with Crippen molar-refractivity contribution in [1.29, 1.82) is 0 Å². The molecule has 0 aliphatic carbocycles. The van der Waals surface area contributed by atoms with Crippen molar-refractivity contribution in [2.45, 2.75) is 6.92 Å². The van der Waals surface area contributed by atoms with Crippen LogP contribution in [-0.4, -0.2) is 25.2 Å². The first-order valence-electron chi connectivity index (χ1n) is 6.91. The molecule has 4 rings (SSSR count). The van der Waals surface area contributed by atoms with E-state index in [0.717, 1.165) is 22.2 Å². The summed E-state index contributed by atoms with van der Waals surface area (Å²) < 4.78 is 1.62. The lowest BCUT2D eigenvalue weighted by Crippen LogP contribution is -1.95. The summed E-state index contributed by atoms with van der Waals surface area (Å²) in [5, 5.41) is 17.4. The van der Waals surface area contributed by atoms with Crippen LogP contribution >= 0.6 is 22.7 Å². The Morgan fingerprint density at radius 1 is 1.09 bits per heavy atom. The van der Waals surface area contributed by atoms with Crippen LogP contribution in [0.15, 0.2) is 48.1 Å². The van der Waals surface area contributed by atoms with Gasteiger partial charge in [-0.2, -0.15) is 0 Å². The van der Waals surface area contributed by atoms with E-state index >= 15 is 0 Å². The highest BCUT2D eigenvalue weighted by Gasteiger charge is 2.07. The summed E-state index contributed by atoms with van der Waals surface area (Å²) >= 11 is 3.35. The van der Waals surface area contributed by atoms with Crippen LogP contribution in [0.3, 0.4) is 0 Å². The van der Waals surface area contributed by atoms with Crippen molar-refractivity contribution in [2.24, 2.45) is 0 Å². The molecule has 0 saturated heterocycles. The van der Waals surface area contributed by atoms with Gasteiger partial charge in [-0.15, -0.1) is 27.8 Å². The number of hydrogen-bond acceptors (Lipinski definition) is 7. The molecule has 114 valence electrons. The zero-order valence-corrected chi connectivity index (χ0v) is 13.8. The molecule has 6 nitrogen and oxygen atoms in total. The molecule has 8 heteroatoms. The first-order chi connectivity index (χ1) is 11.3. The van der Waals surface area contributed by atoms with Crippen molar-refractivity contribution in [3.8, 4) is 16.3 Å². The van der Waals surface area contributed by atoms with Crippen molar-refractivity contribution in [1.82, 2.24) is 25.2 Å². The molecular weight excluding hydrogens is 328 g/mol. The molecule has 4 aromatic rings. The van der Waals surface area contributed by atoms with E-state index in [4.69, 9.17) is 0 Å². The third-order valence-corrected chi connectivity index (χ3v) is 5.01. The fourth-order valence-electron chi connectivity index (χ4n) is 2.12. The van der Waals surface area contributed by atoms with E-state index in [1.54, 1.807) is 33.7 Å². The van der Waals surface area contributed by atoms with Crippen LogP contribution in [0, 0.1) is 6.92 Å². The van der Waals surface area contributed by atoms with Crippen LogP contribution in [0.5, 0.6) is 0 Å². The van der Waals surface area contributed by atoms with E-state index in [2.05, 4.69) is 50.3 Å². The molecule has 0 amide bonds. The van der Waals surface area contributed by atoms with Crippen LogP contribution in [0.25, 0.3) is 16.3 Å². The van der Waals surface area contributed by atoms with E-state index in [9.17, 15) is 0 Å². The summed E-state index contributed by atoms with van der Waals surface area (Å²) in [5.74, 6) is 0. The van der Waals surface area contributed by atoms with E-state index in [-0.39, 0.29) is 0 Å². The Morgan fingerprint density at radius 2 is 1.96 bits per heavy atom. The van der Waals surface area contributed by atoms with Crippen molar-refractivity contribution in [3.63, 3.8) is 0 Å². The number of nitrogens with zero attached hydrogens (tertiary/aromatic N) is 5. The molecule has 3 heterocycles. The van der Waals surface area contributed by atoms with Gasteiger partial charge in [-0.05, 0) is 53.7 Å².